The molecule has 0 unspecified atom stereocenters. The van der Waals surface area contributed by atoms with Gasteiger partial charge in [0.25, 0.3) is 5.91 Å². The van der Waals surface area contributed by atoms with Gasteiger partial charge in [-0.05, 0) is 30.3 Å². The van der Waals surface area contributed by atoms with Crippen LogP contribution in [0.5, 0.6) is 11.5 Å². The smallest absolute Gasteiger partial charge is 0.255 e. The summed E-state index contributed by atoms with van der Waals surface area (Å²) in [6.07, 6.45) is 0. The summed E-state index contributed by atoms with van der Waals surface area (Å²) in [6.45, 7) is 0.973. The normalized spacial score (nSPS) is 13.1. The van der Waals surface area contributed by atoms with Crippen molar-refractivity contribution in [3.05, 3.63) is 40.9 Å². The number of nitrogens with one attached hydrogen (secondary N) is 1. The van der Waals surface area contributed by atoms with Crippen molar-refractivity contribution in [2.24, 2.45) is 0 Å². The zero-order chi connectivity index (χ0) is 15.8. The molecular weight excluding hydrogens is 338 g/mol. The molecular formula is C15H10ClN3O3S. The molecule has 0 radical (unpaired) electrons. The van der Waals surface area contributed by atoms with Crippen LogP contribution in [0.25, 0.3) is 11.0 Å². The number of fused-ring (bicyclic) bond motifs is 2. The molecule has 0 bridgehead atoms. The zero-order valence-electron chi connectivity index (χ0n) is 11.7. The minimum Gasteiger partial charge on any atom is -0.486 e. The number of anilines is 1. The van der Waals surface area contributed by atoms with Crippen LogP contribution in [0, 0.1) is 0 Å². The van der Waals surface area contributed by atoms with E-state index >= 15 is 0 Å². The minimum absolute atomic E-state index is 0.302. The van der Waals surface area contributed by atoms with Gasteiger partial charge in [0.05, 0.1) is 22.4 Å². The second-order valence-electron chi connectivity index (χ2n) is 4.87. The fourth-order valence-corrected chi connectivity index (χ4v) is 3.06. The fourth-order valence-electron chi connectivity index (χ4n) is 2.32. The molecule has 0 saturated heterocycles. The van der Waals surface area contributed by atoms with Crippen LogP contribution in [0.2, 0.25) is 5.02 Å². The molecule has 0 atom stereocenters. The highest BCUT2D eigenvalue weighted by Crippen LogP contribution is 2.33. The first-order chi connectivity index (χ1) is 11.2. The Morgan fingerprint density at radius 2 is 1.96 bits per heavy atom. The van der Waals surface area contributed by atoms with Gasteiger partial charge in [-0.25, -0.2) is 0 Å². The molecule has 4 rings (SSSR count). The van der Waals surface area contributed by atoms with Gasteiger partial charge < -0.3 is 14.8 Å². The molecule has 0 saturated carbocycles. The van der Waals surface area contributed by atoms with E-state index in [1.807, 2.05) is 0 Å². The van der Waals surface area contributed by atoms with Crippen LogP contribution in [0.1, 0.15) is 10.4 Å². The predicted octanol–water partition coefficient (Wildman–Crippen LogP) is 3.37. The summed E-state index contributed by atoms with van der Waals surface area (Å²) >= 11 is 7.26. The Bertz CT molecular complexity index is 912. The second kappa shape index (κ2) is 5.68. The number of benzene rings is 2. The van der Waals surface area contributed by atoms with Gasteiger partial charge in [0.1, 0.15) is 24.2 Å². The molecule has 2 aromatic carbocycles. The van der Waals surface area contributed by atoms with E-state index in [1.165, 1.54) is 0 Å². The van der Waals surface area contributed by atoms with Crippen molar-refractivity contribution < 1.29 is 14.3 Å². The highest BCUT2D eigenvalue weighted by atomic mass is 35.5. The minimum atomic E-state index is -0.302. The van der Waals surface area contributed by atoms with Crippen molar-refractivity contribution in [2.75, 3.05) is 18.5 Å². The molecule has 1 aliphatic rings. The highest BCUT2D eigenvalue weighted by Gasteiger charge is 2.17. The van der Waals surface area contributed by atoms with Gasteiger partial charge in [0.15, 0.2) is 11.5 Å². The van der Waals surface area contributed by atoms with Gasteiger partial charge in [0, 0.05) is 5.56 Å². The monoisotopic (exact) mass is 347 g/mol. The molecule has 1 amide bonds. The van der Waals surface area contributed by atoms with Crippen LogP contribution < -0.4 is 14.8 Å². The Balaban J connectivity index is 1.67. The average molecular weight is 348 g/mol. The number of rotatable bonds is 2. The first-order valence-electron chi connectivity index (χ1n) is 6.84. The summed E-state index contributed by atoms with van der Waals surface area (Å²) in [5.41, 5.74) is 2.17. The average Bonchev–Trinajstić information content (AvgIpc) is 3.06. The molecule has 1 aromatic heterocycles. The maximum atomic E-state index is 12.5. The maximum absolute atomic E-state index is 12.5. The quantitative estimate of drug-likeness (QED) is 0.769. The number of amides is 1. The number of nitrogens with zero attached hydrogens (tertiary/aromatic N) is 2. The largest absolute Gasteiger partial charge is 0.486 e. The predicted molar refractivity (Wildman–Crippen MR) is 87.8 cm³/mol. The van der Waals surface area contributed by atoms with Crippen molar-refractivity contribution in [1.82, 2.24) is 8.75 Å². The Morgan fingerprint density at radius 1 is 1.13 bits per heavy atom. The van der Waals surface area contributed by atoms with Crippen LogP contribution >= 0.6 is 23.3 Å². The number of carbonyl (C=O) groups excluding carboxylic acids is 1. The van der Waals surface area contributed by atoms with Crippen LogP contribution in [0.3, 0.4) is 0 Å². The molecule has 2 heterocycles. The van der Waals surface area contributed by atoms with E-state index in [9.17, 15) is 4.79 Å². The number of halogens is 1. The SMILES string of the molecule is O=C(Nc1c(Cl)ccc2nsnc12)c1ccc2c(c1)OCCO2. The Hall–Kier alpha value is -2.38. The third-order valence-electron chi connectivity index (χ3n) is 3.42. The zero-order valence-corrected chi connectivity index (χ0v) is 13.3. The lowest BCUT2D eigenvalue weighted by atomic mass is 10.1. The third kappa shape index (κ3) is 2.58. The number of carbonyl (C=O) groups is 1. The lowest BCUT2D eigenvalue weighted by Gasteiger charge is -2.18. The van der Waals surface area contributed by atoms with Crippen molar-refractivity contribution in [3.8, 4) is 11.5 Å². The lowest BCUT2D eigenvalue weighted by Crippen LogP contribution is -2.17. The van der Waals surface area contributed by atoms with Crippen molar-refractivity contribution >= 4 is 46.0 Å². The Labute approximate surface area is 140 Å². The van der Waals surface area contributed by atoms with Crippen molar-refractivity contribution in [1.29, 1.82) is 0 Å². The van der Waals surface area contributed by atoms with E-state index < -0.39 is 0 Å². The third-order valence-corrected chi connectivity index (χ3v) is 4.28. The Kier molecular flexibility index (Phi) is 3.51. The van der Waals surface area contributed by atoms with E-state index in [-0.39, 0.29) is 5.91 Å². The standard InChI is InChI=1S/C15H10ClN3O3S/c16-9-2-3-10-14(19-23-18-10)13(9)17-15(20)8-1-4-11-12(7-8)22-6-5-21-11/h1-4,7H,5-6H2,(H,17,20). The summed E-state index contributed by atoms with van der Waals surface area (Å²) in [7, 11) is 0. The van der Waals surface area contributed by atoms with Crippen molar-refractivity contribution in [2.45, 2.75) is 0 Å². The van der Waals surface area contributed by atoms with Gasteiger partial charge in [-0.3, -0.25) is 4.79 Å². The van der Waals surface area contributed by atoms with Gasteiger partial charge in [-0.1, -0.05) is 11.6 Å². The fraction of sp³-hybridized carbons (Fsp3) is 0.133. The van der Waals surface area contributed by atoms with E-state index in [2.05, 4.69) is 14.1 Å². The summed E-state index contributed by atoms with van der Waals surface area (Å²) in [6, 6.07) is 8.49. The molecule has 6 nitrogen and oxygen atoms in total. The molecule has 0 spiro atoms. The molecule has 3 aromatic rings. The number of aromatic nitrogens is 2. The number of hydrogen-bond acceptors (Lipinski definition) is 6. The molecule has 0 fully saturated rings. The summed E-state index contributed by atoms with van der Waals surface area (Å²) in [4.78, 5) is 12.5. The lowest BCUT2D eigenvalue weighted by molar-refractivity contribution is 0.102. The van der Waals surface area contributed by atoms with Gasteiger partial charge in [-0.2, -0.15) is 8.75 Å². The second-order valence-corrected chi connectivity index (χ2v) is 5.80. The summed E-state index contributed by atoms with van der Waals surface area (Å²) in [5.74, 6) is 0.893. The van der Waals surface area contributed by atoms with E-state index in [0.29, 0.717) is 52.0 Å². The van der Waals surface area contributed by atoms with E-state index in [0.717, 1.165) is 11.7 Å². The molecule has 1 N–H and O–H groups in total. The number of hydrogen-bond donors (Lipinski definition) is 1. The summed E-state index contributed by atoms with van der Waals surface area (Å²) in [5, 5.41) is 3.21. The van der Waals surface area contributed by atoms with Crippen LogP contribution in [-0.4, -0.2) is 27.9 Å². The maximum Gasteiger partial charge on any atom is 0.255 e. The van der Waals surface area contributed by atoms with Crippen LogP contribution in [-0.2, 0) is 0 Å². The van der Waals surface area contributed by atoms with Gasteiger partial charge >= 0.3 is 0 Å². The molecule has 23 heavy (non-hydrogen) atoms. The number of ether oxygens (including phenoxy) is 2. The topological polar surface area (TPSA) is 73.3 Å². The highest BCUT2D eigenvalue weighted by molar-refractivity contribution is 7.00. The molecule has 0 aliphatic carbocycles. The molecule has 1 aliphatic heterocycles. The first-order valence-corrected chi connectivity index (χ1v) is 7.95. The summed E-state index contributed by atoms with van der Waals surface area (Å²) < 4.78 is 19.3. The van der Waals surface area contributed by atoms with E-state index in [4.69, 9.17) is 21.1 Å². The first kappa shape index (κ1) is 14.2. The molecule has 8 heteroatoms. The van der Waals surface area contributed by atoms with Crippen molar-refractivity contribution in [3.63, 3.8) is 0 Å². The molecule has 116 valence electrons. The van der Waals surface area contributed by atoms with E-state index in [1.54, 1.807) is 30.3 Å². The van der Waals surface area contributed by atoms with Crippen LogP contribution in [0.4, 0.5) is 5.69 Å². The Morgan fingerprint density at radius 3 is 2.83 bits per heavy atom. The van der Waals surface area contributed by atoms with Gasteiger partial charge in [-0.15, -0.1) is 0 Å². The van der Waals surface area contributed by atoms with Crippen LogP contribution in [0.15, 0.2) is 30.3 Å². The van der Waals surface area contributed by atoms with Gasteiger partial charge in [0.2, 0.25) is 0 Å².